The predicted octanol–water partition coefficient (Wildman–Crippen LogP) is 4.27. The molecule has 4 heterocycles. The summed E-state index contributed by atoms with van der Waals surface area (Å²) in [5, 5.41) is 2.79. The molecule has 0 bridgehead atoms. The molecule has 1 aromatic carbocycles. The number of piperidine rings is 1. The number of aromatic nitrogens is 3. The molecule has 1 aliphatic rings. The molecule has 6 nitrogen and oxygen atoms in total. The minimum atomic E-state index is -3.89. The number of hydrogen-bond donors (Lipinski definition) is 0. The van der Waals surface area contributed by atoms with Crippen LogP contribution in [0.2, 0.25) is 5.15 Å². The molecule has 4 aromatic rings. The van der Waals surface area contributed by atoms with Crippen molar-refractivity contribution in [3.63, 3.8) is 0 Å². The lowest BCUT2D eigenvalue weighted by Gasteiger charge is -2.26. The molecule has 3 aromatic heterocycles. The van der Waals surface area contributed by atoms with Gasteiger partial charge in [0.1, 0.15) is 0 Å². The Hall–Kier alpha value is -1.87. The second-order valence-electron chi connectivity index (χ2n) is 7.39. The average molecular weight is 449 g/mol. The van der Waals surface area contributed by atoms with Gasteiger partial charge in [0.15, 0.2) is 10.1 Å². The summed E-state index contributed by atoms with van der Waals surface area (Å²) in [4.78, 5) is 7.23. The Kier molecular flexibility index (Phi) is 4.90. The van der Waals surface area contributed by atoms with Gasteiger partial charge in [-0.2, -0.15) is 8.42 Å². The number of para-hydroxylation sites is 1. The van der Waals surface area contributed by atoms with Gasteiger partial charge in [0.2, 0.25) is 5.03 Å². The molecular weight excluding hydrogens is 428 g/mol. The summed E-state index contributed by atoms with van der Waals surface area (Å²) in [6, 6.07) is 7.65. The molecule has 1 saturated heterocycles. The van der Waals surface area contributed by atoms with Crippen molar-refractivity contribution < 1.29 is 8.42 Å². The van der Waals surface area contributed by atoms with E-state index in [1.807, 2.05) is 24.3 Å². The monoisotopic (exact) mass is 448 g/mol. The first-order valence-electron chi connectivity index (χ1n) is 9.73. The Bertz CT molecular complexity index is 1280. The van der Waals surface area contributed by atoms with Gasteiger partial charge in [0.25, 0.3) is 10.0 Å². The largest absolute Gasteiger partial charge is 0.303 e. The summed E-state index contributed by atoms with van der Waals surface area (Å²) in [7, 11) is -3.89. The van der Waals surface area contributed by atoms with Crippen molar-refractivity contribution in [2.24, 2.45) is 0 Å². The summed E-state index contributed by atoms with van der Waals surface area (Å²) >= 11 is 7.59. The third kappa shape index (κ3) is 3.28. The Morgan fingerprint density at radius 3 is 2.76 bits per heavy atom. The van der Waals surface area contributed by atoms with Crippen LogP contribution < -0.4 is 0 Å². The minimum Gasteiger partial charge on any atom is -0.303 e. The van der Waals surface area contributed by atoms with Gasteiger partial charge in [-0.3, -0.25) is 4.40 Å². The predicted molar refractivity (Wildman–Crippen MR) is 117 cm³/mol. The van der Waals surface area contributed by atoms with Crippen molar-refractivity contribution in [2.45, 2.75) is 30.7 Å². The maximum atomic E-state index is 13.6. The van der Waals surface area contributed by atoms with Gasteiger partial charge in [0, 0.05) is 29.7 Å². The van der Waals surface area contributed by atoms with Crippen molar-refractivity contribution in [1.29, 1.82) is 0 Å². The number of hydrogen-bond acceptors (Lipinski definition) is 5. The molecule has 0 amide bonds. The number of fused-ring (bicyclic) bond motifs is 2. The van der Waals surface area contributed by atoms with Crippen molar-refractivity contribution in [3.05, 3.63) is 52.8 Å². The lowest BCUT2D eigenvalue weighted by atomic mass is 10.1. The molecule has 1 aliphatic heterocycles. The van der Waals surface area contributed by atoms with E-state index in [1.165, 1.54) is 34.6 Å². The molecule has 152 valence electrons. The molecule has 0 N–H and O–H groups in total. The van der Waals surface area contributed by atoms with E-state index in [0.717, 1.165) is 37.0 Å². The molecule has 9 heteroatoms. The van der Waals surface area contributed by atoms with Crippen molar-refractivity contribution in [1.82, 2.24) is 18.3 Å². The van der Waals surface area contributed by atoms with Crippen molar-refractivity contribution in [3.8, 4) is 0 Å². The molecule has 0 unspecified atom stereocenters. The van der Waals surface area contributed by atoms with E-state index >= 15 is 0 Å². The molecule has 0 spiro atoms. The zero-order chi connectivity index (χ0) is 20.0. The maximum Gasteiger partial charge on any atom is 0.287 e. The molecule has 0 saturated carbocycles. The number of benzene rings is 1. The van der Waals surface area contributed by atoms with Crippen LogP contribution in [0.15, 0.2) is 47.1 Å². The first-order valence-corrected chi connectivity index (χ1v) is 12.4. The van der Waals surface area contributed by atoms with Gasteiger partial charge < -0.3 is 4.90 Å². The third-order valence-corrected chi connectivity index (χ3v) is 8.42. The van der Waals surface area contributed by atoms with E-state index in [1.54, 1.807) is 22.2 Å². The van der Waals surface area contributed by atoms with Gasteiger partial charge >= 0.3 is 0 Å². The lowest BCUT2D eigenvalue weighted by molar-refractivity contribution is 0.231. The lowest BCUT2D eigenvalue weighted by Crippen LogP contribution is -2.31. The van der Waals surface area contributed by atoms with E-state index in [-0.39, 0.29) is 10.2 Å². The van der Waals surface area contributed by atoms with Crippen LogP contribution in [0, 0.1) is 0 Å². The van der Waals surface area contributed by atoms with Gasteiger partial charge in [-0.15, -0.1) is 11.3 Å². The van der Waals surface area contributed by atoms with Gasteiger partial charge in [0.05, 0.1) is 5.52 Å². The van der Waals surface area contributed by atoms with Crippen molar-refractivity contribution >= 4 is 48.8 Å². The highest BCUT2D eigenvalue weighted by atomic mass is 35.5. The van der Waals surface area contributed by atoms with Crippen LogP contribution >= 0.6 is 22.9 Å². The van der Waals surface area contributed by atoms with E-state index in [0.29, 0.717) is 10.5 Å². The normalized spacial score (nSPS) is 16.2. The van der Waals surface area contributed by atoms with Crippen LogP contribution in [-0.4, -0.2) is 46.3 Å². The first kappa shape index (κ1) is 19.1. The maximum absolute atomic E-state index is 13.6. The highest BCUT2D eigenvalue weighted by molar-refractivity contribution is 7.90. The third-order valence-electron chi connectivity index (χ3n) is 5.59. The quantitative estimate of drug-likeness (QED) is 0.457. The van der Waals surface area contributed by atoms with Crippen molar-refractivity contribution in [2.75, 3.05) is 19.6 Å². The van der Waals surface area contributed by atoms with Crippen LogP contribution in [0.1, 0.15) is 24.8 Å². The number of thiazole rings is 1. The van der Waals surface area contributed by atoms with Gasteiger partial charge in [-0.1, -0.05) is 36.2 Å². The fourth-order valence-corrected chi connectivity index (χ4v) is 6.95. The van der Waals surface area contributed by atoms with Crippen LogP contribution in [0.3, 0.4) is 0 Å². The second-order valence-corrected chi connectivity index (χ2v) is 10.3. The van der Waals surface area contributed by atoms with Crippen LogP contribution in [0.4, 0.5) is 0 Å². The summed E-state index contributed by atoms with van der Waals surface area (Å²) in [6.07, 6.45) is 8.05. The highest BCUT2D eigenvalue weighted by Crippen LogP contribution is 2.31. The SMILES string of the molecule is O=S(=O)(c1c(Cl)nc2sccn12)n1cc(CCN2CCCCC2)c2ccccc21. The number of likely N-dealkylation sites (tertiary alicyclic amines) is 1. The van der Waals surface area contributed by atoms with Crippen LogP contribution in [0.5, 0.6) is 0 Å². The number of imidazole rings is 1. The molecule has 5 rings (SSSR count). The van der Waals surface area contributed by atoms with Crippen LogP contribution in [-0.2, 0) is 16.4 Å². The first-order chi connectivity index (χ1) is 14.1. The topological polar surface area (TPSA) is 59.6 Å². The summed E-state index contributed by atoms with van der Waals surface area (Å²) in [5.74, 6) is 0. The molecule has 29 heavy (non-hydrogen) atoms. The van der Waals surface area contributed by atoms with E-state index in [9.17, 15) is 8.42 Å². The zero-order valence-corrected chi connectivity index (χ0v) is 18.2. The Balaban J connectivity index is 1.58. The number of halogens is 1. The molecular formula is C20H21ClN4O2S2. The zero-order valence-electron chi connectivity index (χ0n) is 15.8. The Morgan fingerprint density at radius 2 is 1.93 bits per heavy atom. The number of nitrogens with zero attached hydrogens (tertiary/aromatic N) is 4. The second kappa shape index (κ2) is 7.43. The Morgan fingerprint density at radius 1 is 1.14 bits per heavy atom. The van der Waals surface area contributed by atoms with Crippen LogP contribution in [0.25, 0.3) is 15.9 Å². The average Bonchev–Trinajstić information content (AvgIpc) is 3.39. The molecule has 1 fully saturated rings. The van der Waals surface area contributed by atoms with E-state index in [2.05, 4.69) is 9.88 Å². The fourth-order valence-electron chi connectivity index (χ4n) is 4.14. The number of rotatable bonds is 5. The fraction of sp³-hybridized carbons (Fsp3) is 0.350. The minimum absolute atomic E-state index is 0.00416. The molecule has 0 atom stereocenters. The van der Waals surface area contributed by atoms with E-state index < -0.39 is 10.0 Å². The van der Waals surface area contributed by atoms with E-state index in [4.69, 9.17) is 11.6 Å². The van der Waals surface area contributed by atoms with Gasteiger partial charge in [-0.05, 0) is 44.0 Å². The molecule has 0 radical (unpaired) electrons. The summed E-state index contributed by atoms with van der Waals surface area (Å²) in [5.41, 5.74) is 1.71. The highest BCUT2D eigenvalue weighted by Gasteiger charge is 2.29. The standard InChI is InChI=1S/C20H21ClN4O2S2/c21-18-19(24-12-13-28-20(24)22-18)29(26,27)25-14-15(16-6-2-3-7-17(16)25)8-11-23-9-4-1-5-10-23/h2-3,6-7,12-14H,1,4-5,8-11H2. The smallest absolute Gasteiger partial charge is 0.287 e. The van der Waals surface area contributed by atoms with Gasteiger partial charge in [-0.25, -0.2) is 8.96 Å². The summed E-state index contributed by atoms with van der Waals surface area (Å²) < 4.78 is 30.1. The summed E-state index contributed by atoms with van der Waals surface area (Å²) in [6.45, 7) is 3.19. The molecule has 0 aliphatic carbocycles. The Labute approximate surface area is 178 Å².